The summed E-state index contributed by atoms with van der Waals surface area (Å²) in [5, 5.41) is 12.0. The molecule has 0 N–H and O–H groups in total. The minimum atomic E-state index is 0.0212. The highest BCUT2D eigenvalue weighted by Gasteiger charge is 2.44. The lowest BCUT2D eigenvalue weighted by Crippen LogP contribution is -2.28. The van der Waals surface area contributed by atoms with Crippen molar-refractivity contribution < 1.29 is 4.42 Å². The van der Waals surface area contributed by atoms with Gasteiger partial charge in [-0.1, -0.05) is 122 Å². The van der Waals surface area contributed by atoms with Gasteiger partial charge in [0, 0.05) is 32.9 Å². The lowest BCUT2D eigenvalue weighted by molar-refractivity contribution is 0.353. The molecule has 5 nitrogen and oxygen atoms in total. The molecule has 0 saturated heterocycles. The Morgan fingerprint density at radius 3 is 1.96 bits per heavy atom. The van der Waals surface area contributed by atoms with E-state index in [9.17, 15) is 5.26 Å². The lowest BCUT2D eigenvalue weighted by Gasteiger charge is -2.36. The van der Waals surface area contributed by atoms with Crippen LogP contribution in [0.3, 0.4) is 0 Å². The largest absolute Gasteiger partial charge is 0.456 e. The van der Waals surface area contributed by atoms with E-state index in [0.717, 1.165) is 57.0 Å². The highest BCUT2D eigenvalue weighted by atomic mass is 16.3. The van der Waals surface area contributed by atoms with E-state index in [1.807, 2.05) is 60.7 Å². The van der Waals surface area contributed by atoms with Crippen LogP contribution in [0.2, 0.25) is 0 Å². The van der Waals surface area contributed by atoms with Crippen molar-refractivity contribution in [2.75, 3.05) is 0 Å². The first-order chi connectivity index (χ1) is 25.2. The minimum absolute atomic E-state index is 0.0212. The van der Waals surface area contributed by atoms with E-state index in [0.29, 0.717) is 23.0 Å². The zero-order valence-corrected chi connectivity index (χ0v) is 27.9. The average molecular weight is 657 g/mol. The Morgan fingerprint density at radius 2 is 1.18 bits per heavy atom. The molecule has 1 saturated carbocycles. The van der Waals surface area contributed by atoms with Crippen LogP contribution >= 0.6 is 0 Å². The summed E-state index contributed by atoms with van der Waals surface area (Å²) in [5.41, 5.74) is 12.7. The van der Waals surface area contributed by atoms with Crippen LogP contribution in [0, 0.1) is 11.3 Å². The zero-order chi connectivity index (χ0) is 33.9. The maximum Gasteiger partial charge on any atom is 0.164 e. The third-order valence-corrected chi connectivity index (χ3v) is 11.0. The molecule has 1 spiro atoms. The topological polar surface area (TPSA) is 75.6 Å². The fraction of sp³-hybridized carbons (Fsp3) is 0.130. The van der Waals surface area contributed by atoms with Crippen molar-refractivity contribution in [1.82, 2.24) is 15.0 Å². The number of para-hydroxylation sites is 1. The first-order valence-corrected chi connectivity index (χ1v) is 17.7. The van der Waals surface area contributed by atoms with Crippen LogP contribution in [0.1, 0.15) is 48.8 Å². The van der Waals surface area contributed by atoms with Gasteiger partial charge in [-0.3, -0.25) is 0 Å². The Balaban J connectivity index is 1.08. The molecular formula is C46H32N4O. The molecular weight excluding hydrogens is 625 g/mol. The van der Waals surface area contributed by atoms with E-state index in [4.69, 9.17) is 19.4 Å². The summed E-state index contributed by atoms with van der Waals surface area (Å²) in [7, 11) is 0. The predicted molar refractivity (Wildman–Crippen MR) is 203 cm³/mol. The van der Waals surface area contributed by atoms with Gasteiger partial charge in [0.25, 0.3) is 0 Å². The molecule has 2 aromatic heterocycles. The number of rotatable bonds is 4. The maximum absolute atomic E-state index is 9.83. The van der Waals surface area contributed by atoms with Gasteiger partial charge in [-0.15, -0.1) is 0 Å². The average Bonchev–Trinajstić information content (AvgIpc) is 3.71. The van der Waals surface area contributed by atoms with Gasteiger partial charge in [0.15, 0.2) is 17.5 Å². The molecule has 0 aliphatic heterocycles. The van der Waals surface area contributed by atoms with Gasteiger partial charge in [0.1, 0.15) is 11.2 Å². The number of hydrogen-bond acceptors (Lipinski definition) is 5. The quantitative estimate of drug-likeness (QED) is 0.188. The molecule has 0 unspecified atom stereocenters. The third-order valence-electron chi connectivity index (χ3n) is 11.0. The van der Waals surface area contributed by atoms with Gasteiger partial charge >= 0.3 is 0 Å². The Morgan fingerprint density at radius 1 is 0.510 bits per heavy atom. The van der Waals surface area contributed by atoms with Crippen LogP contribution in [0.5, 0.6) is 0 Å². The summed E-state index contributed by atoms with van der Waals surface area (Å²) in [5.74, 6) is 1.82. The molecule has 0 bridgehead atoms. The smallest absolute Gasteiger partial charge is 0.164 e. The zero-order valence-electron chi connectivity index (χ0n) is 27.9. The molecule has 2 aliphatic carbocycles. The second kappa shape index (κ2) is 11.6. The molecule has 0 radical (unpaired) electrons. The normalized spacial score (nSPS) is 14.4. The molecule has 8 aromatic rings. The van der Waals surface area contributed by atoms with E-state index in [-0.39, 0.29) is 5.41 Å². The molecule has 51 heavy (non-hydrogen) atoms. The summed E-state index contributed by atoms with van der Waals surface area (Å²) in [6.07, 6.45) is 6.03. The summed E-state index contributed by atoms with van der Waals surface area (Å²) < 4.78 is 6.22. The van der Waals surface area contributed by atoms with Crippen LogP contribution in [-0.2, 0) is 5.41 Å². The van der Waals surface area contributed by atoms with Gasteiger partial charge in [-0.05, 0) is 76.6 Å². The number of fused-ring (bicyclic) bond motifs is 8. The Bertz CT molecular complexity index is 2680. The van der Waals surface area contributed by atoms with E-state index in [1.54, 1.807) is 0 Å². The first-order valence-electron chi connectivity index (χ1n) is 17.7. The summed E-state index contributed by atoms with van der Waals surface area (Å²) in [4.78, 5) is 15.0. The molecule has 10 rings (SSSR count). The maximum atomic E-state index is 9.83. The van der Waals surface area contributed by atoms with Crippen LogP contribution in [0.25, 0.3) is 78.4 Å². The van der Waals surface area contributed by atoms with E-state index >= 15 is 0 Å². The van der Waals surface area contributed by atoms with Crippen LogP contribution in [0.4, 0.5) is 0 Å². The van der Waals surface area contributed by atoms with E-state index in [1.165, 1.54) is 47.1 Å². The second-order valence-electron chi connectivity index (χ2n) is 13.8. The predicted octanol–water partition coefficient (Wildman–Crippen LogP) is 11.5. The van der Waals surface area contributed by atoms with Crippen molar-refractivity contribution in [2.24, 2.45) is 0 Å². The van der Waals surface area contributed by atoms with E-state index in [2.05, 4.69) is 78.9 Å². The van der Waals surface area contributed by atoms with Crippen molar-refractivity contribution >= 4 is 21.9 Å². The highest BCUT2D eigenvalue weighted by molar-refractivity contribution is 6.05. The minimum Gasteiger partial charge on any atom is -0.456 e. The van der Waals surface area contributed by atoms with Crippen molar-refractivity contribution in [1.29, 1.82) is 5.26 Å². The SMILES string of the molecule is N#Cc1ccc2c(c1)-c1c(-c3ccc(-c4nc(-c5ccccc5)nc(-c5ccc6c(c5)oc5ccccc56)n4)cc3)cccc1C21CCCCC1. The molecule has 242 valence electrons. The molecule has 6 aromatic carbocycles. The lowest BCUT2D eigenvalue weighted by atomic mass is 9.67. The van der Waals surface area contributed by atoms with Crippen molar-refractivity contribution in [3.8, 4) is 62.5 Å². The fourth-order valence-electron chi connectivity index (χ4n) is 8.57. The van der Waals surface area contributed by atoms with Crippen LogP contribution < -0.4 is 0 Å². The Hall–Kier alpha value is -6.38. The Kier molecular flexibility index (Phi) is 6.72. The number of benzene rings is 6. The Labute approximate surface area is 295 Å². The highest BCUT2D eigenvalue weighted by Crippen LogP contribution is 2.58. The van der Waals surface area contributed by atoms with Gasteiger partial charge in [-0.25, -0.2) is 15.0 Å². The number of aromatic nitrogens is 3. The van der Waals surface area contributed by atoms with Gasteiger partial charge in [0.05, 0.1) is 11.6 Å². The number of nitrogens with zero attached hydrogens (tertiary/aromatic N) is 4. The molecule has 1 fully saturated rings. The summed E-state index contributed by atoms with van der Waals surface area (Å²) in [6.45, 7) is 0. The second-order valence-corrected chi connectivity index (χ2v) is 13.8. The van der Waals surface area contributed by atoms with Crippen LogP contribution in [0.15, 0.2) is 138 Å². The summed E-state index contributed by atoms with van der Waals surface area (Å²) >= 11 is 0. The fourth-order valence-corrected chi connectivity index (χ4v) is 8.57. The van der Waals surface area contributed by atoms with Gasteiger partial charge in [0.2, 0.25) is 0 Å². The number of hydrogen-bond donors (Lipinski definition) is 0. The third kappa shape index (κ3) is 4.71. The van der Waals surface area contributed by atoms with Crippen molar-refractivity contribution in [2.45, 2.75) is 37.5 Å². The van der Waals surface area contributed by atoms with E-state index < -0.39 is 0 Å². The molecule has 0 amide bonds. The number of nitriles is 1. The standard InChI is InChI=1S/C46H32N4O/c47-28-29-16-23-38-37(26-29)42-34(13-9-14-39(42)46(38)24-7-2-8-25-46)30-17-19-32(20-18-30)44-48-43(31-10-3-1-4-11-31)49-45(50-44)33-21-22-36-35-12-5-6-15-40(35)51-41(36)27-33/h1,3-6,9-23,26-27H,2,7-8,24-25H2. The van der Waals surface area contributed by atoms with Crippen molar-refractivity contribution in [3.63, 3.8) is 0 Å². The monoisotopic (exact) mass is 656 g/mol. The molecule has 2 aliphatic rings. The first kappa shape index (κ1) is 29.5. The van der Waals surface area contributed by atoms with Gasteiger partial charge < -0.3 is 4.42 Å². The molecule has 0 atom stereocenters. The molecule has 5 heteroatoms. The summed E-state index contributed by atoms with van der Waals surface area (Å²) in [6, 6.07) is 48.4. The molecule has 2 heterocycles. The number of furan rings is 1. The van der Waals surface area contributed by atoms with Crippen LogP contribution in [-0.4, -0.2) is 15.0 Å². The van der Waals surface area contributed by atoms with Crippen molar-refractivity contribution in [3.05, 3.63) is 150 Å². The van der Waals surface area contributed by atoms with Gasteiger partial charge in [-0.2, -0.15) is 5.26 Å².